The maximum Gasteiger partial charge on any atom is 0.0189 e. The van der Waals surface area contributed by atoms with Crippen molar-refractivity contribution in [2.75, 3.05) is 12.3 Å². The van der Waals surface area contributed by atoms with E-state index in [9.17, 15) is 0 Å². The van der Waals surface area contributed by atoms with Crippen molar-refractivity contribution in [1.82, 2.24) is 5.32 Å². The van der Waals surface area contributed by atoms with E-state index in [0.717, 1.165) is 12.5 Å². The molecule has 1 aliphatic rings. The standard InChI is InChI=1S/C15H23NS/c1-2-11-16-15(13-7-6-8-13)12-17-14-9-4-3-5-10-14/h3-5,9-10,13,15-16H,2,6-8,11-12H2,1H3. The average Bonchev–Trinajstić information content (AvgIpc) is 2.31. The smallest absolute Gasteiger partial charge is 0.0189 e. The highest BCUT2D eigenvalue weighted by Gasteiger charge is 2.26. The van der Waals surface area contributed by atoms with Gasteiger partial charge in [0.2, 0.25) is 0 Å². The van der Waals surface area contributed by atoms with Crippen molar-refractivity contribution in [3.63, 3.8) is 0 Å². The van der Waals surface area contributed by atoms with Crippen LogP contribution in [0.3, 0.4) is 0 Å². The van der Waals surface area contributed by atoms with Gasteiger partial charge in [0.15, 0.2) is 0 Å². The van der Waals surface area contributed by atoms with Crippen molar-refractivity contribution in [2.24, 2.45) is 5.92 Å². The van der Waals surface area contributed by atoms with Crippen LogP contribution in [0.2, 0.25) is 0 Å². The average molecular weight is 249 g/mol. The fourth-order valence-corrected chi connectivity index (χ4v) is 3.35. The van der Waals surface area contributed by atoms with Crippen molar-refractivity contribution >= 4 is 11.8 Å². The Kier molecular flexibility index (Phi) is 5.40. The molecular weight excluding hydrogens is 226 g/mol. The van der Waals surface area contributed by atoms with Crippen LogP contribution in [0, 0.1) is 5.92 Å². The first kappa shape index (κ1) is 13.0. The van der Waals surface area contributed by atoms with E-state index in [2.05, 4.69) is 42.6 Å². The predicted molar refractivity (Wildman–Crippen MR) is 76.6 cm³/mol. The van der Waals surface area contributed by atoms with Crippen molar-refractivity contribution < 1.29 is 0 Å². The van der Waals surface area contributed by atoms with Crippen LogP contribution >= 0.6 is 11.8 Å². The summed E-state index contributed by atoms with van der Waals surface area (Å²) in [5.74, 6) is 2.15. The molecule has 0 amide bonds. The molecule has 1 aromatic rings. The van der Waals surface area contributed by atoms with E-state index in [-0.39, 0.29) is 0 Å². The first-order valence-electron chi connectivity index (χ1n) is 6.81. The molecule has 0 aliphatic heterocycles. The number of hydrogen-bond acceptors (Lipinski definition) is 2. The first-order chi connectivity index (χ1) is 8.40. The van der Waals surface area contributed by atoms with Gasteiger partial charge in [0.05, 0.1) is 0 Å². The maximum atomic E-state index is 3.72. The molecule has 0 aromatic heterocycles. The van der Waals surface area contributed by atoms with Crippen molar-refractivity contribution in [3.8, 4) is 0 Å². The maximum absolute atomic E-state index is 3.72. The van der Waals surface area contributed by atoms with Crippen LogP contribution in [0.5, 0.6) is 0 Å². The Morgan fingerprint density at radius 2 is 2.06 bits per heavy atom. The second kappa shape index (κ2) is 7.07. The van der Waals surface area contributed by atoms with Gasteiger partial charge in [-0.3, -0.25) is 0 Å². The van der Waals surface area contributed by atoms with E-state index in [0.29, 0.717) is 6.04 Å². The van der Waals surface area contributed by atoms with Crippen LogP contribution < -0.4 is 5.32 Å². The lowest BCUT2D eigenvalue weighted by Gasteiger charge is -2.34. The van der Waals surface area contributed by atoms with Crippen LogP contribution in [0.25, 0.3) is 0 Å². The van der Waals surface area contributed by atoms with Crippen LogP contribution in [0.15, 0.2) is 35.2 Å². The summed E-state index contributed by atoms with van der Waals surface area (Å²) in [7, 11) is 0. The van der Waals surface area contributed by atoms with Gasteiger partial charge in [-0.05, 0) is 43.9 Å². The summed E-state index contributed by atoms with van der Waals surface area (Å²) in [6, 6.07) is 11.5. The largest absolute Gasteiger partial charge is 0.313 e. The number of nitrogens with one attached hydrogen (secondary N) is 1. The lowest BCUT2D eigenvalue weighted by Crippen LogP contribution is -2.41. The second-order valence-electron chi connectivity index (χ2n) is 4.88. The van der Waals surface area contributed by atoms with Gasteiger partial charge in [-0.15, -0.1) is 11.8 Å². The zero-order valence-electron chi connectivity index (χ0n) is 10.7. The molecule has 1 nitrogen and oxygen atoms in total. The van der Waals surface area contributed by atoms with Gasteiger partial charge in [0.25, 0.3) is 0 Å². The van der Waals surface area contributed by atoms with Gasteiger partial charge in [-0.2, -0.15) is 0 Å². The zero-order valence-corrected chi connectivity index (χ0v) is 11.5. The number of hydrogen-bond donors (Lipinski definition) is 1. The Balaban J connectivity index is 1.80. The van der Waals surface area contributed by atoms with E-state index in [1.165, 1.54) is 36.3 Å². The van der Waals surface area contributed by atoms with E-state index in [4.69, 9.17) is 0 Å². The predicted octanol–water partition coefficient (Wildman–Crippen LogP) is 3.95. The van der Waals surface area contributed by atoms with Crippen LogP contribution in [0.1, 0.15) is 32.6 Å². The SMILES string of the molecule is CCCNC(CSc1ccccc1)C1CCC1. The molecule has 17 heavy (non-hydrogen) atoms. The van der Waals surface area contributed by atoms with E-state index < -0.39 is 0 Å². The lowest BCUT2D eigenvalue weighted by molar-refractivity contribution is 0.244. The van der Waals surface area contributed by atoms with Crippen LogP contribution in [-0.4, -0.2) is 18.3 Å². The van der Waals surface area contributed by atoms with Gasteiger partial charge in [-0.25, -0.2) is 0 Å². The molecule has 1 fully saturated rings. The van der Waals surface area contributed by atoms with E-state index in [1.54, 1.807) is 0 Å². The normalized spacial score (nSPS) is 17.7. The minimum absolute atomic E-state index is 0.717. The molecule has 0 spiro atoms. The molecular formula is C15H23NS. The Morgan fingerprint density at radius 1 is 1.29 bits per heavy atom. The molecule has 1 unspecified atom stereocenters. The fraction of sp³-hybridized carbons (Fsp3) is 0.600. The van der Waals surface area contributed by atoms with Crippen molar-refractivity contribution in [3.05, 3.63) is 30.3 Å². The highest BCUT2D eigenvalue weighted by atomic mass is 32.2. The van der Waals surface area contributed by atoms with E-state index >= 15 is 0 Å². The Labute approximate surface area is 109 Å². The third kappa shape index (κ3) is 4.04. The molecule has 0 bridgehead atoms. The molecule has 1 atom stereocenters. The van der Waals surface area contributed by atoms with Crippen LogP contribution in [0.4, 0.5) is 0 Å². The van der Waals surface area contributed by atoms with Gasteiger partial charge in [-0.1, -0.05) is 31.5 Å². The summed E-state index contributed by atoms with van der Waals surface area (Å²) < 4.78 is 0. The molecule has 0 saturated heterocycles. The van der Waals surface area contributed by atoms with Gasteiger partial charge >= 0.3 is 0 Å². The van der Waals surface area contributed by atoms with Crippen LogP contribution in [-0.2, 0) is 0 Å². The Morgan fingerprint density at radius 3 is 2.65 bits per heavy atom. The molecule has 2 heteroatoms. The summed E-state index contributed by atoms with van der Waals surface area (Å²) in [6.45, 7) is 3.41. The summed E-state index contributed by atoms with van der Waals surface area (Å²) in [4.78, 5) is 1.40. The summed E-state index contributed by atoms with van der Waals surface area (Å²) >= 11 is 1.99. The third-order valence-electron chi connectivity index (χ3n) is 3.55. The second-order valence-corrected chi connectivity index (χ2v) is 5.97. The highest BCUT2D eigenvalue weighted by molar-refractivity contribution is 7.99. The molecule has 1 N–H and O–H groups in total. The molecule has 94 valence electrons. The molecule has 0 heterocycles. The Bertz CT molecular complexity index is 308. The monoisotopic (exact) mass is 249 g/mol. The zero-order chi connectivity index (χ0) is 11.9. The molecule has 1 aromatic carbocycles. The topological polar surface area (TPSA) is 12.0 Å². The molecule has 2 rings (SSSR count). The number of rotatable bonds is 7. The Hall–Kier alpha value is -0.470. The summed E-state index contributed by atoms with van der Waals surface area (Å²) in [5.41, 5.74) is 0. The molecule has 1 aliphatic carbocycles. The highest BCUT2D eigenvalue weighted by Crippen LogP contribution is 2.32. The lowest BCUT2D eigenvalue weighted by atomic mass is 9.80. The minimum atomic E-state index is 0.717. The molecule has 0 radical (unpaired) electrons. The fourth-order valence-electron chi connectivity index (χ4n) is 2.24. The van der Waals surface area contributed by atoms with Crippen molar-refractivity contribution in [2.45, 2.75) is 43.5 Å². The van der Waals surface area contributed by atoms with Gasteiger partial charge in [0, 0.05) is 16.7 Å². The summed E-state index contributed by atoms with van der Waals surface area (Å²) in [6.07, 6.45) is 5.53. The quantitative estimate of drug-likeness (QED) is 0.734. The van der Waals surface area contributed by atoms with Crippen molar-refractivity contribution in [1.29, 1.82) is 0 Å². The molecule has 1 saturated carbocycles. The van der Waals surface area contributed by atoms with E-state index in [1.807, 2.05) is 11.8 Å². The van der Waals surface area contributed by atoms with Gasteiger partial charge in [0.1, 0.15) is 0 Å². The van der Waals surface area contributed by atoms with Gasteiger partial charge < -0.3 is 5.32 Å². The number of benzene rings is 1. The first-order valence-corrected chi connectivity index (χ1v) is 7.80. The minimum Gasteiger partial charge on any atom is -0.313 e. The number of thioether (sulfide) groups is 1. The summed E-state index contributed by atoms with van der Waals surface area (Å²) in [5, 5.41) is 3.72. The third-order valence-corrected chi connectivity index (χ3v) is 4.68.